The molecule has 0 saturated heterocycles. The van der Waals surface area contributed by atoms with Gasteiger partial charge in [-0.05, 0) is 82.0 Å². The molecule has 0 aromatic heterocycles. The van der Waals surface area contributed by atoms with Gasteiger partial charge in [0.2, 0.25) is 0 Å². The standard InChI is InChI=1S/C22H32O4/c1-3-25-18(23)21(19(24)26-4-2)11-7-8-12-22-15-20(22,14-21)13-16-9-5-6-10-17(16)22/h10,16H,3-9,11-15H2,1-2H3/t16-,20-,22+/m0/s1. The third-order valence-corrected chi connectivity index (χ3v) is 7.71. The molecule has 0 bridgehead atoms. The van der Waals surface area contributed by atoms with Crippen LogP contribution in [-0.4, -0.2) is 25.2 Å². The van der Waals surface area contributed by atoms with E-state index in [1.807, 2.05) is 13.8 Å². The van der Waals surface area contributed by atoms with E-state index in [1.54, 1.807) is 5.57 Å². The van der Waals surface area contributed by atoms with E-state index in [1.165, 1.54) is 25.7 Å². The quantitative estimate of drug-likeness (QED) is 0.419. The lowest BCUT2D eigenvalue weighted by atomic mass is 9.69. The molecule has 0 unspecified atom stereocenters. The Morgan fingerprint density at radius 3 is 2.42 bits per heavy atom. The molecule has 4 heteroatoms. The molecule has 3 fully saturated rings. The van der Waals surface area contributed by atoms with Gasteiger partial charge in [-0.1, -0.05) is 24.5 Å². The van der Waals surface area contributed by atoms with Crippen molar-refractivity contribution in [2.45, 2.75) is 78.1 Å². The van der Waals surface area contributed by atoms with Crippen LogP contribution in [0.3, 0.4) is 0 Å². The zero-order valence-corrected chi connectivity index (χ0v) is 16.3. The average Bonchev–Trinajstić information content (AvgIpc) is 3.14. The largest absolute Gasteiger partial charge is 0.465 e. The first-order chi connectivity index (χ1) is 12.5. The number of allylic oxidation sites excluding steroid dienone is 2. The topological polar surface area (TPSA) is 52.6 Å². The van der Waals surface area contributed by atoms with Crippen molar-refractivity contribution in [3.63, 3.8) is 0 Å². The van der Waals surface area contributed by atoms with Crippen LogP contribution in [0.2, 0.25) is 0 Å². The third-order valence-electron chi connectivity index (χ3n) is 7.71. The monoisotopic (exact) mass is 360 g/mol. The average molecular weight is 360 g/mol. The van der Waals surface area contributed by atoms with Gasteiger partial charge in [-0.25, -0.2) is 0 Å². The predicted octanol–water partition coefficient (Wildman–Crippen LogP) is 4.57. The summed E-state index contributed by atoms with van der Waals surface area (Å²) in [6.45, 7) is 4.25. The normalized spacial score (nSPS) is 37.2. The Kier molecular flexibility index (Phi) is 4.44. The summed E-state index contributed by atoms with van der Waals surface area (Å²) in [5.41, 5.74) is 0.964. The van der Waals surface area contributed by atoms with E-state index in [4.69, 9.17) is 9.47 Å². The first-order valence-corrected chi connectivity index (χ1v) is 10.6. The van der Waals surface area contributed by atoms with E-state index >= 15 is 0 Å². The summed E-state index contributed by atoms with van der Waals surface area (Å²) in [4.78, 5) is 26.1. The van der Waals surface area contributed by atoms with E-state index in [2.05, 4.69) is 6.08 Å². The van der Waals surface area contributed by atoms with E-state index in [9.17, 15) is 9.59 Å². The summed E-state index contributed by atoms with van der Waals surface area (Å²) < 4.78 is 10.8. The summed E-state index contributed by atoms with van der Waals surface area (Å²) in [6.07, 6.45) is 13.0. The van der Waals surface area contributed by atoms with Gasteiger partial charge < -0.3 is 9.47 Å². The summed E-state index contributed by atoms with van der Waals surface area (Å²) >= 11 is 0. The fourth-order valence-corrected chi connectivity index (χ4v) is 6.71. The zero-order valence-electron chi connectivity index (χ0n) is 16.3. The minimum absolute atomic E-state index is 0.119. The van der Waals surface area contributed by atoms with E-state index in [0.717, 1.165) is 25.7 Å². The van der Waals surface area contributed by atoms with Gasteiger partial charge >= 0.3 is 11.9 Å². The predicted molar refractivity (Wildman–Crippen MR) is 98.3 cm³/mol. The molecule has 3 saturated carbocycles. The molecule has 0 spiro atoms. The highest BCUT2D eigenvalue weighted by atomic mass is 16.6. The van der Waals surface area contributed by atoms with Crippen LogP contribution in [0.25, 0.3) is 0 Å². The van der Waals surface area contributed by atoms with Crippen LogP contribution in [0.1, 0.15) is 78.1 Å². The molecule has 0 amide bonds. The van der Waals surface area contributed by atoms with Gasteiger partial charge in [0.25, 0.3) is 0 Å². The van der Waals surface area contributed by atoms with Crippen molar-refractivity contribution in [1.82, 2.24) is 0 Å². The number of fused-ring (bicyclic) bond motifs is 1. The van der Waals surface area contributed by atoms with Crippen LogP contribution in [-0.2, 0) is 19.1 Å². The molecule has 4 aliphatic carbocycles. The minimum atomic E-state index is -1.09. The summed E-state index contributed by atoms with van der Waals surface area (Å²) in [6, 6.07) is 0. The number of ether oxygens (including phenoxy) is 2. The fraction of sp³-hybridized carbons (Fsp3) is 0.818. The Morgan fingerprint density at radius 2 is 1.73 bits per heavy atom. The Morgan fingerprint density at radius 1 is 1.04 bits per heavy atom. The van der Waals surface area contributed by atoms with Crippen molar-refractivity contribution in [2.24, 2.45) is 22.2 Å². The Balaban J connectivity index is 1.71. The van der Waals surface area contributed by atoms with Crippen molar-refractivity contribution in [3.8, 4) is 0 Å². The van der Waals surface area contributed by atoms with Crippen LogP contribution < -0.4 is 0 Å². The van der Waals surface area contributed by atoms with Crippen molar-refractivity contribution < 1.29 is 19.1 Å². The number of carbonyl (C=O) groups excluding carboxylic acids is 2. The van der Waals surface area contributed by atoms with E-state index in [0.29, 0.717) is 32.0 Å². The van der Waals surface area contributed by atoms with Gasteiger partial charge in [-0.3, -0.25) is 9.59 Å². The lowest BCUT2D eigenvalue weighted by molar-refractivity contribution is -0.175. The number of hydrogen-bond acceptors (Lipinski definition) is 4. The highest BCUT2D eigenvalue weighted by Gasteiger charge is 2.76. The zero-order chi connectivity index (χ0) is 18.4. The van der Waals surface area contributed by atoms with Crippen LogP contribution in [0.4, 0.5) is 0 Å². The van der Waals surface area contributed by atoms with Gasteiger partial charge in [0.1, 0.15) is 0 Å². The van der Waals surface area contributed by atoms with Crippen molar-refractivity contribution in [1.29, 1.82) is 0 Å². The number of hydrogen-bond donors (Lipinski definition) is 0. The summed E-state index contributed by atoms with van der Waals surface area (Å²) in [5.74, 6) is -0.0172. The van der Waals surface area contributed by atoms with Crippen LogP contribution in [0.5, 0.6) is 0 Å². The van der Waals surface area contributed by atoms with Crippen LogP contribution >= 0.6 is 0 Å². The molecule has 0 N–H and O–H groups in total. The van der Waals surface area contributed by atoms with Crippen LogP contribution in [0.15, 0.2) is 11.6 Å². The van der Waals surface area contributed by atoms with Gasteiger partial charge in [-0.15, -0.1) is 0 Å². The number of rotatable bonds is 4. The van der Waals surface area contributed by atoms with Crippen molar-refractivity contribution in [3.05, 3.63) is 11.6 Å². The van der Waals surface area contributed by atoms with Crippen molar-refractivity contribution in [2.75, 3.05) is 13.2 Å². The van der Waals surface area contributed by atoms with Gasteiger partial charge in [-0.2, -0.15) is 0 Å². The molecule has 4 aliphatic rings. The van der Waals surface area contributed by atoms with Gasteiger partial charge in [0, 0.05) is 0 Å². The summed E-state index contributed by atoms with van der Waals surface area (Å²) in [5, 5.41) is 0. The maximum Gasteiger partial charge on any atom is 0.323 e. The smallest absolute Gasteiger partial charge is 0.323 e. The molecule has 0 heterocycles. The highest BCUT2D eigenvalue weighted by molar-refractivity contribution is 6.00. The van der Waals surface area contributed by atoms with Crippen molar-refractivity contribution >= 4 is 11.9 Å². The Hall–Kier alpha value is -1.32. The fourth-order valence-electron chi connectivity index (χ4n) is 6.71. The Bertz CT molecular complexity index is 618. The second kappa shape index (κ2) is 6.38. The third kappa shape index (κ3) is 2.40. The Labute approximate surface area is 156 Å². The maximum atomic E-state index is 13.0. The second-order valence-electron chi connectivity index (χ2n) is 8.94. The minimum Gasteiger partial charge on any atom is -0.465 e. The lowest BCUT2D eigenvalue weighted by Gasteiger charge is -2.35. The molecular weight excluding hydrogens is 328 g/mol. The molecule has 0 radical (unpaired) electrons. The first-order valence-electron chi connectivity index (χ1n) is 10.6. The first kappa shape index (κ1) is 18.1. The molecule has 0 aliphatic heterocycles. The molecule has 144 valence electrons. The lowest BCUT2D eigenvalue weighted by Crippen LogP contribution is -2.45. The molecule has 0 aromatic carbocycles. The van der Waals surface area contributed by atoms with Gasteiger partial charge in [0.05, 0.1) is 13.2 Å². The summed E-state index contributed by atoms with van der Waals surface area (Å²) in [7, 11) is 0. The number of esters is 2. The highest BCUT2D eigenvalue weighted by Crippen LogP contribution is 2.83. The molecule has 4 rings (SSSR count). The second-order valence-corrected chi connectivity index (χ2v) is 8.94. The van der Waals surface area contributed by atoms with E-state index < -0.39 is 5.41 Å². The van der Waals surface area contributed by atoms with Crippen LogP contribution in [0, 0.1) is 22.2 Å². The molecule has 26 heavy (non-hydrogen) atoms. The molecule has 4 nitrogen and oxygen atoms in total. The maximum absolute atomic E-state index is 13.0. The molecular formula is C22H32O4. The van der Waals surface area contributed by atoms with E-state index in [-0.39, 0.29) is 22.8 Å². The molecule has 0 aromatic rings. The number of carbonyl (C=O) groups is 2. The SMILES string of the molecule is CCOC(=O)C1(C(=O)OCC)CCCC[C@]23C[C@]2(C[C@@H]2CCCC=C23)C1. The van der Waals surface area contributed by atoms with Gasteiger partial charge in [0.15, 0.2) is 5.41 Å². The molecule has 3 atom stereocenters.